The molecule has 170 valence electrons. The molecule has 0 atom stereocenters. The number of morpholine rings is 1. The maximum Gasteiger partial charge on any atom is 0.264 e. The second-order valence-corrected chi connectivity index (χ2v) is 7.78. The lowest BCUT2D eigenvalue weighted by molar-refractivity contribution is 0.0982. The van der Waals surface area contributed by atoms with Crippen LogP contribution in [0.25, 0.3) is 11.3 Å². The lowest BCUT2D eigenvalue weighted by atomic mass is 10.1. The molecule has 0 aliphatic carbocycles. The van der Waals surface area contributed by atoms with Crippen molar-refractivity contribution in [3.8, 4) is 11.3 Å². The van der Waals surface area contributed by atoms with Gasteiger partial charge in [0.25, 0.3) is 5.91 Å². The Kier molecular flexibility index (Phi) is 5.73. The normalized spacial score (nSPS) is 15.7. The zero-order valence-electron chi connectivity index (χ0n) is 17.3. The maximum atomic E-state index is 14.4. The van der Waals surface area contributed by atoms with Crippen LogP contribution in [0.2, 0.25) is 5.02 Å². The average molecular weight is 474 g/mol. The van der Waals surface area contributed by atoms with Crippen LogP contribution in [-0.4, -0.2) is 65.2 Å². The second kappa shape index (κ2) is 8.83. The highest BCUT2D eigenvalue weighted by molar-refractivity contribution is 6.34. The first kappa shape index (κ1) is 21.4. The fourth-order valence-electron chi connectivity index (χ4n) is 3.66. The summed E-state index contributed by atoms with van der Waals surface area (Å²) >= 11 is 5.90. The molecule has 0 spiro atoms. The molecule has 0 bridgehead atoms. The number of ether oxygens (including phenoxy) is 1. The van der Waals surface area contributed by atoms with Gasteiger partial charge in [0.15, 0.2) is 11.6 Å². The molecule has 1 fully saturated rings. The topological polar surface area (TPSA) is 96.4 Å². The Morgan fingerprint density at radius 2 is 1.76 bits per heavy atom. The molecule has 5 rings (SSSR count). The van der Waals surface area contributed by atoms with Gasteiger partial charge in [0.05, 0.1) is 35.7 Å². The quantitative estimate of drug-likeness (QED) is 0.580. The molecule has 1 amide bonds. The largest absolute Gasteiger partial charge is 0.378 e. The fraction of sp³-hybridized carbons (Fsp3) is 0.286. The van der Waals surface area contributed by atoms with Gasteiger partial charge in [0.1, 0.15) is 11.6 Å². The van der Waals surface area contributed by atoms with Gasteiger partial charge in [-0.1, -0.05) is 11.6 Å². The highest BCUT2D eigenvalue weighted by atomic mass is 35.5. The first-order valence-corrected chi connectivity index (χ1v) is 10.6. The number of nitrogens with one attached hydrogen (secondary N) is 1. The molecule has 1 aromatic carbocycles. The number of carbonyl (C=O) groups is 1. The predicted octanol–water partition coefficient (Wildman–Crippen LogP) is 2.77. The minimum atomic E-state index is -0.914. The number of fused-ring (bicyclic) bond motifs is 1. The van der Waals surface area contributed by atoms with Gasteiger partial charge in [-0.3, -0.25) is 9.69 Å². The third kappa shape index (κ3) is 4.05. The van der Waals surface area contributed by atoms with E-state index in [2.05, 4.69) is 25.3 Å². The van der Waals surface area contributed by atoms with Crippen molar-refractivity contribution in [1.29, 1.82) is 0 Å². The number of carbonyl (C=O) groups excluding carboxylic acids is 1. The third-order valence-electron chi connectivity index (χ3n) is 5.37. The van der Waals surface area contributed by atoms with Crippen LogP contribution < -0.4 is 15.1 Å². The molecule has 1 N–H and O–H groups in total. The van der Waals surface area contributed by atoms with Crippen LogP contribution in [0.5, 0.6) is 0 Å². The van der Waals surface area contributed by atoms with Crippen molar-refractivity contribution >= 4 is 35.1 Å². The van der Waals surface area contributed by atoms with Crippen molar-refractivity contribution in [1.82, 2.24) is 19.9 Å². The smallest absolute Gasteiger partial charge is 0.264 e. The van der Waals surface area contributed by atoms with E-state index in [1.165, 1.54) is 11.1 Å². The summed E-state index contributed by atoms with van der Waals surface area (Å²) in [4.78, 5) is 34.1. The molecule has 3 aromatic rings. The molecule has 0 unspecified atom stereocenters. The Morgan fingerprint density at radius 1 is 1.03 bits per heavy atom. The Morgan fingerprint density at radius 3 is 2.52 bits per heavy atom. The second-order valence-electron chi connectivity index (χ2n) is 7.40. The van der Waals surface area contributed by atoms with Gasteiger partial charge in [-0.25, -0.2) is 28.7 Å². The summed E-state index contributed by atoms with van der Waals surface area (Å²) in [5, 5.41) is 2.48. The van der Waals surface area contributed by atoms with E-state index < -0.39 is 28.1 Å². The molecule has 4 heterocycles. The predicted molar refractivity (Wildman–Crippen MR) is 118 cm³/mol. The SMILES string of the molecule is O=C(c1c(F)ccc(F)c1Cl)N1CCNc2ncc(-c3cnc(N4CCOCC4)nc3)nc21. The maximum absolute atomic E-state index is 14.4. The van der Waals surface area contributed by atoms with Crippen LogP contribution in [0, 0.1) is 11.6 Å². The Bertz CT molecular complexity index is 1210. The molecule has 12 heteroatoms. The standard InChI is InChI=1S/C21H18ClF2N7O2/c22-17-14(24)2-1-13(23)16(17)20(32)31-4-3-25-18-19(31)29-15(11-26-18)12-9-27-21(28-10-12)30-5-7-33-8-6-30/h1-2,9-11H,3-8H2,(H,25,26). The monoisotopic (exact) mass is 473 g/mol. The van der Waals surface area contributed by atoms with Gasteiger partial charge in [-0.2, -0.15) is 0 Å². The number of halogens is 3. The summed E-state index contributed by atoms with van der Waals surface area (Å²) in [5.74, 6) is -1.48. The first-order chi connectivity index (χ1) is 16.0. The third-order valence-corrected chi connectivity index (χ3v) is 5.74. The molecule has 2 aliphatic heterocycles. The Labute approximate surface area is 192 Å². The molecular formula is C21H18ClF2N7O2. The van der Waals surface area contributed by atoms with Gasteiger partial charge < -0.3 is 15.0 Å². The van der Waals surface area contributed by atoms with E-state index in [1.807, 2.05) is 4.90 Å². The number of rotatable bonds is 3. The molecule has 1 saturated heterocycles. The Balaban J connectivity index is 1.47. The zero-order chi connectivity index (χ0) is 22.9. The van der Waals surface area contributed by atoms with Crippen LogP contribution in [0.15, 0.2) is 30.7 Å². The lowest BCUT2D eigenvalue weighted by Gasteiger charge is -2.29. The average Bonchev–Trinajstić information content (AvgIpc) is 2.86. The van der Waals surface area contributed by atoms with Crippen molar-refractivity contribution in [3.63, 3.8) is 0 Å². The summed E-state index contributed by atoms with van der Waals surface area (Å²) < 4.78 is 33.6. The van der Waals surface area contributed by atoms with E-state index >= 15 is 0 Å². The van der Waals surface area contributed by atoms with E-state index in [-0.39, 0.29) is 12.4 Å². The zero-order valence-corrected chi connectivity index (χ0v) is 18.0. The molecule has 33 heavy (non-hydrogen) atoms. The van der Waals surface area contributed by atoms with E-state index in [1.54, 1.807) is 12.4 Å². The van der Waals surface area contributed by atoms with Crippen LogP contribution >= 0.6 is 11.6 Å². The first-order valence-electron chi connectivity index (χ1n) is 10.2. The summed E-state index contributed by atoms with van der Waals surface area (Å²) in [6, 6.07) is 1.74. The number of amides is 1. The van der Waals surface area contributed by atoms with E-state index in [4.69, 9.17) is 16.3 Å². The fourth-order valence-corrected chi connectivity index (χ4v) is 3.89. The number of nitrogens with zero attached hydrogens (tertiary/aromatic N) is 6. The van der Waals surface area contributed by atoms with Crippen molar-refractivity contribution in [3.05, 3.63) is 52.9 Å². The summed E-state index contributed by atoms with van der Waals surface area (Å²) in [6.07, 6.45) is 4.78. The molecular weight excluding hydrogens is 456 g/mol. The Hall–Kier alpha value is -3.44. The highest BCUT2D eigenvalue weighted by Gasteiger charge is 2.30. The molecule has 2 aromatic heterocycles. The van der Waals surface area contributed by atoms with Crippen LogP contribution in [0.3, 0.4) is 0 Å². The summed E-state index contributed by atoms with van der Waals surface area (Å²) in [7, 11) is 0. The van der Waals surface area contributed by atoms with Crippen LogP contribution in [0.4, 0.5) is 26.4 Å². The van der Waals surface area contributed by atoms with Crippen LogP contribution in [-0.2, 0) is 4.74 Å². The number of hydrogen-bond acceptors (Lipinski definition) is 8. The molecule has 2 aliphatic rings. The van der Waals surface area contributed by atoms with Crippen molar-refractivity contribution < 1.29 is 18.3 Å². The van der Waals surface area contributed by atoms with E-state index in [0.717, 1.165) is 12.1 Å². The van der Waals surface area contributed by atoms with Gasteiger partial charge in [-0.15, -0.1) is 0 Å². The van der Waals surface area contributed by atoms with E-state index in [0.29, 0.717) is 55.9 Å². The number of benzene rings is 1. The molecule has 0 radical (unpaired) electrons. The molecule has 9 nitrogen and oxygen atoms in total. The minimum Gasteiger partial charge on any atom is -0.378 e. The van der Waals surface area contributed by atoms with Crippen molar-refractivity contribution in [2.75, 3.05) is 54.5 Å². The van der Waals surface area contributed by atoms with E-state index in [9.17, 15) is 13.6 Å². The minimum absolute atomic E-state index is 0.169. The van der Waals surface area contributed by atoms with Gasteiger partial charge in [-0.05, 0) is 12.1 Å². The lowest BCUT2D eigenvalue weighted by Crippen LogP contribution is -2.40. The number of hydrogen-bond donors (Lipinski definition) is 1. The molecule has 0 saturated carbocycles. The van der Waals surface area contributed by atoms with Crippen molar-refractivity contribution in [2.45, 2.75) is 0 Å². The van der Waals surface area contributed by atoms with Gasteiger partial charge >= 0.3 is 0 Å². The summed E-state index contributed by atoms with van der Waals surface area (Å²) in [6.45, 7) is 3.18. The highest BCUT2D eigenvalue weighted by Crippen LogP contribution is 2.32. The van der Waals surface area contributed by atoms with Crippen molar-refractivity contribution in [2.24, 2.45) is 0 Å². The number of anilines is 3. The van der Waals surface area contributed by atoms with Gasteiger partial charge in [0.2, 0.25) is 5.95 Å². The van der Waals surface area contributed by atoms with Crippen LogP contribution in [0.1, 0.15) is 10.4 Å². The number of aromatic nitrogens is 4. The van der Waals surface area contributed by atoms with Gasteiger partial charge in [0, 0.05) is 44.1 Å². The summed E-state index contributed by atoms with van der Waals surface area (Å²) in [5.41, 5.74) is 0.472.